The van der Waals surface area contributed by atoms with E-state index in [-0.39, 0.29) is 0 Å². The number of methoxy groups -OCH3 is 1. The Kier molecular flexibility index (Phi) is 5.12. The third kappa shape index (κ3) is 3.77. The van der Waals surface area contributed by atoms with E-state index in [9.17, 15) is 8.42 Å². The van der Waals surface area contributed by atoms with Crippen molar-refractivity contribution < 1.29 is 13.2 Å². The molecule has 112 valence electrons. The molecule has 1 aromatic rings. The molecule has 0 saturated carbocycles. The number of hydrogen-bond donors (Lipinski definition) is 1. The fraction of sp³-hybridized carbons (Fsp3) is 0.538. The number of rotatable bonds is 4. The van der Waals surface area contributed by atoms with Gasteiger partial charge in [0.2, 0.25) is 0 Å². The van der Waals surface area contributed by atoms with Crippen LogP contribution in [0.4, 0.5) is 5.69 Å². The number of nitrogens with one attached hydrogen (secondary N) is 1. The third-order valence-electron chi connectivity index (χ3n) is 3.31. The van der Waals surface area contributed by atoms with Crippen LogP contribution in [0.1, 0.15) is 25.7 Å². The standard InChI is InChI=1S/C13H19ClN2O3S/c1-19-13-7-6-11(14)10-12(13)15-20(17,18)16-8-4-2-3-5-9-16/h6-7,10,15H,2-5,8-9H2,1H3. The molecule has 5 nitrogen and oxygen atoms in total. The van der Waals surface area contributed by atoms with Crippen molar-refractivity contribution >= 4 is 27.5 Å². The van der Waals surface area contributed by atoms with Gasteiger partial charge in [-0.25, -0.2) is 0 Å². The third-order valence-corrected chi connectivity index (χ3v) is 5.06. The monoisotopic (exact) mass is 318 g/mol. The first-order valence-corrected chi connectivity index (χ1v) is 8.46. The van der Waals surface area contributed by atoms with Crippen molar-refractivity contribution in [1.82, 2.24) is 4.31 Å². The molecule has 7 heteroatoms. The Morgan fingerprint density at radius 1 is 1.20 bits per heavy atom. The van der Waals surface area contributed by atoms with Gasteiger partial charge in [0.1, 0.15) is 5.75 Å². The molecule has 1 aromatic carbocycles. The van der Waals surface area contributed by atoms with Gasteiger partial charge in [-0.3, -0.25) is 4.72 Å². The lowest BCUT2D eigenvalue weighted by atomic mass is 10.2. The van der Waals surface area contributed by atoms with E-state index in [4.69, 9.17) is 16.3 Å². The van der Waals surface area contributed by atoms with Crippen molar-refractivity contribution in [2.24, 2.45) is 0 Å². The highest BCUT2D eigenvalue weighted by molar-refractivity contribution is 7.90. The quantitative estimate of drug-likeness (QED) is 0.928. The van der Waals surface area contributed by atoms with E-state index in [0.29, 0.717) is 29.5 Å². The number of benzene rings is 1. The number of anilines is 1. The number of ether oxygens (including phenoxy) is 1. The highest BCUT2D eigenvalue weighted by Crippen LogP contribution is 2.29. The Labute approximate surface area is 125 Å². The fourth-order valence-corrected chi connectivity index (χ4v) is 3.72. The van der Waals surface area contributed by atoms with Gasteiger partial charge in [-0.05, 0) is 31.0 Å². The summed E-state index contributed by atoms with van der Waals surface area (Å²) in [4.78, 5) is 0. The molecule has 0 amide bonds. The van der Waals surface area contributed by atoms with E-state index in [0.717, 1.165) is 25.7 Å². The van der Waals surface area contributed by atoms with Crippen LogP contribution in [0.25, 0.3) is 0 Å². The van der Waals surface area contributed by atoms with E-state index >= 15 is 0 Å². The molecule has 1 N–H and O–H groups in total. The van der Waals surface area contributed by atoms with E-state index in [1.165, 1.54) is 11.4 Å². The number of nitrogens with zero attached hydrogens (tertiary/aromatic N) is 1. The van der Waals surface area contributed by atoms with Crippen LogP contribution in [0.15, 0.2) is 18.2 Å². The molecule has 1 heterocycles. The molecule has 0 radical (unpaired) electrons. The van der Waals surface area contributed by atoms with E-state index in [1.807, 2.05) is 0 Å². The molecular weight excluding hydrogens is 300 g/mol. The van der Waals surface area contributed by atoms with Crippen molar-refractivity contribution in [2.45, 2.75) is 25.7 Å². The Morgan fingerprint density at radius 3 is 2.45 bits per heavy atom. The van der Waals surface area contributed by atoms with Crippen molar-refractivity contribution in [3.8, 4) is 5.75 Å². The largest absolute Gasteiger partial charge is 0.495 e. The van der Waals surface area contributed by atoms with E-state index in [1.54, 1.807) is 18.2 Å². The minimum absolute atomic E-state index is 0.365. The maximum atomic E-state index is 12.4. The first kappa shape index (κ1) is 15.4. The summed E-state index contributed by atoms with van der Waals surface area (Å²) < 4.78 is 34.0. The summed E-state index contributed by atoms with van der Waals surface area (Å²) in [5, 5.41) is 0.458. The zero-order valence-electron chi connectivity index (χ0n) is 11.4. The van der Waals surface area contributed by atoms with Gasteiger partial charge in [0.25, 0.3) is 0 Å². The van der Waals surface area contributed by atoms with Gasteiger partial charge >= 0.3 is 10.2 Å². The van der Waals surface area contributed by atoms with Crippen LogP contribution in [0, 0.1) is 0 Å². The SMILES string of the molecule is COc1ccc(Cl)cc1NS(=O)(=O)N1CCCCCC1. The first-order valence-electron chi connectivity index (χ1n) is 6.64. The topological polar surface area (TPSA) is 58.6 Å². The Morgan fingerprint density at radius 2 is 1.85 bits per heavy atom. The van der Waals surface area contributed by atoms with Crippen LogP contribution in [-0.4, -0.2) is 32.9 Å². The summed E-state index contributed by atoms with van der Waals surface area (Å²) in [6, 6.07) is 4.85. The minimum atomic E-state index is -3.56. The molecule has 0 atom stereocenters. The Bertz CT molecular complexity index is 555. The van der Waals surface area contributed by atoms with Gasteiger partial charge in [0.05, 0.1) is 12.8 Å². The van der Waals surface area contributed by atoms with Gasteiger partial charge in [-0.2, -0.15) is 12.7 Å². The maximum absolute atomic E-state index is 12.4. The van der Waals surface area contributed by atoms with Gasteiger partial charge in [-0.15, -0.1) is 0 Å². The average Bonchev–Trinajstić information content (AvgIpc) is 2.68. The zero-order valence-corrected chi connectivity index (χ0v) is 13.0. The summed E-state index contributed by atoms with van der Waals surface area (Å²) in [5.74, 6) is 0.452. The van der Waals surface area contributed by atoms with Crippen LogP contribution in [0.2, 0.25) is 5.02 Å². The predicted molar refractivity (Wildman–Crippen MR) is 80.6 cm³/mol. The number of hydrogen-bond acceptors (Lipinski definition) is 3. The molecular formula is C13H19ClN2O3S. The average molecular weight is 319 g/mol. The molecule has 1 aliphatic rings. The number of halogens is 1. The molecule has 0 bridgehead atoms. The molecule has 1 aliphatic heterocycles. The summed E-state index contributed by atoms with van der Waals surface area (Å²) in [7, 11) is -2.07. The molecule has 2 rings (SSSR count). The van der Waals surface area contributed by atoms with E-state index in [2.05, 4.69) is 4.72 Å². The Hall–Kier alpha value is -0.980. The lowest BCUT2D eigenvalue weighted by Gasteiger charge is -2.21. The maximum Gasteiger partial charge on any atom is 0.301 e. The van der Waals surface area contributed by atoms with Crippen LogP contribution in [0.3, 0.4) is 0 Å². The summed E-state index contributed by atoms with van der Waals surface area (Å²) in [5.41, 5.74) is 0.365. The van der Waals surface area contributed by atoms with Crippen molar-refractivity contribution in [3.63, 3.8) is 0 Å². The van der Waals surface area contributed by atoms with Crippen LogP contribution < -0.4 is 9.46 Å². The predicted octanol–water partition coefficient (Wildman–Crippen LogP) is 2.88. The minimum Gasteiger partial charge on any atom is -0.495 e. The lowest BCUT2D eigenvalue weighted by Crippen LogP contribution is -2.36. The smallest absolute Gasteiger partial charge is 0.301 e. The second kappa shape index (κ2) is 6.65. The first-order chi connectivity index (χ1) is 9.53. The highest BCUT2D eigenvalue weighted by Gasteiger charge is 2.24. The molecule has 1 fully saturated rings. The second-order valence-corrected chi connectivity index (χ2v) is 6.87. The van der Waals surface area contributed by atoms with Crippen LogP contribution in [0.5, 0.6) is 5.75 Å². The van der Waals surface area contributed by atoms with Gasteiger partial charge in [0, 0.05) is 18.1 Å². The fourth-order valence-electron chi connectivity index (χ4n) is 2.25. The lowest BCUT2D eigenvalue weighted by molar-refractivity contribution is 0.414. The molecule has 0 aliphatic carbocycles. The van der Waals surface area contributed by atoms with Crippen molar-refractivity contribution in [2.75, 3.05) is 24.9 Å². The van der Waals surface area contributed by atoms with Crippen molar-refractivity contribution in [1.29, 1.82) is 0 Å². The normalized spacial score (nSPS) is 17.5. The summed E-state index contributed by atoms with van der Waals surface area (Å²) in [6.45, 7) is 1.11. The van der Waals surface area contributed by atoms with Gasteiger partial charge in [-0.1, -0.05) is 24.4 Å². The molecule has 20 heavy (non-hydrogen) atoms. The molecule has 1 saturated heterocycles. The highest BCUT2D eigenvalue weighted by atomic mass is 35.5. The van der Waals surface area contributed by atoms with Crippen molar-refractivity contribution in [3.05, 3.63) is 23.2 Å². The summed E-state index contributed by atoms with van der Waals surface area (Å²) >= 11 is 5.91. The van der Waals surface area contributed by atoms with Gasteiger partial charge in [0.15, 0.2) is 0 Å². The molecule has 0 aromatic heterocycles. The zero-order chi connectivity index (χ0) is 14.6. The Balaban J connectivity index is 2.20. The van der Waals surface area contributed by atoms with E-state index < -0.39 is 10.2 Å². The van der Waals surface area contributed by atoms with Gasteiger partial charge < -0.3 is 4.74 Å². The summed E-state index contributed by atoms with van der Waals surface area (Å²) in [6.07, 6.45) is 3.94. The molecule has 0 spiro atoms. The molecule has 0 unspecified atom stereocenters. The van der Waals surface area contributed by atoms with Crippen LogP contribution in [-0.2, 0) is 10.2 Å². The second-order valence-electron chi connectivity index (χ2n) is 4.76. The van der Waals surface area contributed by atoms with Crippen LogP contribution >= 0.6 is 11.6 Å².